The predicted molar refractivity (Wildman–Crippen MR) is 62.9 cm³/mol. The standard InChI is InChI=1S/C10H23NO3S/c1-4-10(2)9-15(12,13)8-6-11-5-7-14-3/h10-11H,4-9H2,1-3H3. The maximum absolute atomic E-state index is 11.6. The number of methoxy groups -OCH3 is 1. The first-order valence-electron chi connectivity index (χ1n) is 5.42. The molecule has 0 bridgehead atoms. The van der Waals surface area contributed by atoms with E-state index in [0.29, 0.717) is 25.4 Å². The van der Waals surface area contributed by atoms with Crippen LogP contribution < -0.4 is 5.32 Å². The van der Waals surface area contributed by atoms with E-state index < -0.39 is 9.84 Å². The average Bonchev–Trinajstić information content (AvgIpc) is 2.16. The summed E-state index contributed by atoms with van der Waals surface area (Å²) < 4.78 is 28.0. The van der Waals surface area contributed by atoms with Crippen molar-refractivity contribution in [2.45, 2.75) is 20.3 Å². The molecule has 0 aliphatic rings. The van der Waals surface area contributed by atoms with Gasteiger partial charge >= 0.3 is 0 Å². The predicted octanol–water partition coefficient (Wildman–Crippen LogP) is 0.683. The van der Waals surface area contributed by atoms with Gasteiger partial charge in [0.1, 0.15) is 0 Å². The highest BCUT2D eigenvalue weighted by atomic mass is 32.2. The maximum Gasteiger partial charge on any atom is 0.151 e. The van der Waals surface area contributed by atoms with Crippen LogP contribution in [0.15, 0.2) is 0 Å². The van der Waals surface area contributed by atoms with Crippen LogP contribution in [0.25, 0.3) is 0 Å². The van der Waals surface area contributed by atoms with Gasteiger partial charge in [-0.15, -0.1) is 0 Å². The Kier molecular flexibility index (Phi) is 8.00. The highest BCUT2D eigenvalue weighted by Crippen LogP contribution is 2.05. The summed E-state index contributed by atoms with van der Waals surface area (Å²) in [5.74, 6) is 0.783. The lowest BCUT2D eigenvalue weighted by Crippen LogP contribution is -2.28. The molecule has 0 rings (SSSR count). The first-order chi connectivity index (χ1) is 7.02. The third-order valence-electron chi connectivity index (χ3n) is 2.31. The lowest BCUT2D eigenvalue weighted by atomic mass is 10.2. The first kappa shape index (κ1) is 14.9. The van der Waals surface area contributed by atoms with Gasteiger partial charge in [-0.05, 0) is 5.92 Å². The van der Waals surface area contributed by atoms with E-state index in [4.69, 9.17) is 4.74 Å². The molecular weight excluding hydrogens is 214 g/mol. The van der Waals surface area contributed by atoms with E-state index in [0.717, 1.165) is 6.42 Å². The topological polar surface area (TPSA) is 55.4 Å². The van der Waals surface area contributed by atoms with Gasteiger partial charge < -0.3 is 10.1 Å². The van der Waals surface area contributed by atoms with Gasteiger partial charge in [0, 0.05) is 20.2 Å². The normalized spacial score (nSPS) is 14.1. The molecule has 0 spiro atoms. The molecule has 0 saturated heterocycles. The zero-order valence-electron chi connectivity index (χ0n) is 9.95. The summed E-state index contributed by atoms with van der Waals surface area (Å²) in [5.41, 5.74) is 0. The zero-order chi connectivity index (χ0) is 11.7. The number of hydrogen-bond donors (Lipinski definition) is 1. The van der Waals surface area contributed by atoms with Crippen LogP contribution in [-0.2, 0) is 14.6 Å². The van der Waals surface area contributed by atoms with Gasteiger partial charge in [-0.25, -0.2) is 8.42 Å². The summed E-state index contributed by atoms with van der Waals surface area (Å²) >= 11 is 0. The van der Waals surface area contributed by atoms with E-state index in [1.807, 2.05) is 13.8 Å². The maximum atomic E-state index is 11.6. The van der Waals surface area contributed by atoms with Gasteiger partial charge in [0.15, 0.2) is 9.84 Å². The highest BCUT2D eigenvalue weighted by molar-refractivity contribution is 7.91. The van der Waals surface area contributed by atoms with Gasteiger partial charge in [0.25, 0.3) is 0 Å². The average molecular weight is 237 g/mol. The molecule has 0 saturated carbocycles. The molecule has 0 aromatic rings. The number of sulfone groups is 1. The second kappa shape index (κ2) is 8.07. The van der Waals surface area contributed by atoms with E-state index in [-0.39, 0.29) is 11.7 Å². The first-order valence-corrected chi connectivity index (χ1v) is 7.24. The van der Waals surface area contributed by atoms with E-state index >= 15 is 0 Å². The molecule has 0 aromatic heterocycles. The Morgan fingerprint density at radius 3 is 2.53 bits per heavy atom. The van der Waals surface area contributed by atoms with Gasteiger partial charge in [0.05, 0.1) is 18.1 Å². The van der Waals surface area contributed by atoms with Gasteiger partial charge in [-0.2, -0.15) is 0 Å². The summed E-state index contributed by atoms with van der Waals surface area (Å²) in [6.45, 7) is 5.82. The summed E-state index contributed by atoms with van der Waals surface area (Å²) in [4.78, 5) is 0. The Morgan fingerprint density at radius 2 is 2.00 bits per heavy atom. The minimum absolute atomic E-state index is 0.223. The Hall–Kier alpha value is -0.130. The monoisotopic (exact) mass is 237 g/mol. The van der Waals surface area contributed by atoms with Gasteiger partial charge in [0.2, 0.25) is 0 Å². The quantitative estimate of drug-likeness (QED) is 0.599. The third-order valence-corrected chi connectivity index (χ3v) is 4.21. The SMILES string of the molecule is CCC(C)CS(=O)(=O)CCNCCOC. The number of ether oxygens (including phenoxy) is 1. The van der Waals surface area contributed by atoms with Crippen molar-refractivity contribution in [2.24, 2.45) is 5.92 Å². The lowest BCUT2D eigenvalue weighted by Gasteiger charge is -2.09. The molecule has 0 radical (unpaired) electrons. The van der Waals surface area contributed by atoms with Crippen molar-refractivity contribution in [1.29, 1.82) is 0 Å². The molecule has 0 fully saturated rings. The van der Waals surface area contributed by atoms with Crippen LogP contribution in [-0.4, -0.2) is 46.7 Å². The van der Waals surface area contributed by atoms with E-state index in [1.54, 1.807) is 7.11 Å². The van der Waals surface area contributed by atoms with Crippen molar-refractivity contribution in [1.82, 2.24) is 5.32 Å². The smallest absolute Gasteiger partial charge is 0.151 e. The zero-order valence-corrected chi connectivity index (χ0v) is 10.8. The fourth-order valence-electron chi connectivity index (χ4n) is 1.16. The minimum Gasteiger partial charge on any atom is -0.383 e. The number of hydrogen-bond acceptors (Lipinski definition) is 4. The van der Waals surface area contributed by atoms with Crippen molar-refractivity contribution in [3.63, 3.8) is 0 Å². The molecule has 15 heavy (non-hydrogen) atoms. The molecule has 0 aliphatic carbocycles. The van der Waals surface area contributed by atoms with E-state index in [2.05, 4.69) is 5.32 Å². The van der Waals surface area contributed by atoms with Crippen molar-refractivity contribution in [3.8, 4) is 0 Å². The van der Waals surface area contributed by atoms with Crippen LogP contribution in [0.1, 0.15) is 20.3 Å². The molecular formula is C10H23NO3S. The van der Waals surface area contributed by atoms with Gasteiger partial charge in [-0.1, -0.05) is 20.3 Å². The molecule has 1 unspecified atom stereocenters. The van der Waals surface area contributed by atoms with Crippen molar-refractivity contribution in [3.05, 3.63) is 0 Å². The van der Waals surface area contributed by atoms with Crippen LogP contribution >= 0.6 is 0 Å². The summed E-state index contributed by atoms with van der Waals surface area (Å²) in [5, 5.41) is 3.03. The van der Waals surface area contributed by atoms with Crippen molar-refractivity contribution < 1.29 is 13.2 Å². The summed E-state index contributed by atoms with van der Waals surface area (Å²) in [6.07, 6.45) is 0.913. The van der Waals surface area contributed by atoms with Crippen LogP contribution in [0.4, 0.5) is 0 Å². The number of nitrogens with one attached hydrogen (secondary N) is 1. The third kappa shape index (κ3) is 8.84. The highest BCUT2D eigenvalue weighted by Gasteiger charge is 2.13. The molecule has 0 aromatic carbocycles. The van der Waals surface area contributed by atoms with E-state index in [9.17, 15) is 8.42 Å². The molecule has 1 N–H and O–H groups in total. The number of rotatable bonds is 9. The fraction of sp³-hybridized carbons (Fsp3) is 1.00. The molecule has 4 nitrogen and oxygen atoms in total. The van der Waals surface area contributed by atoms with Gasteiger partial charge in [-0.3, -0.25) is 0 Å². The second-order valence-corrected chi connectivity index (χ2v) is 6.10. The Balaban J connectivity index is 3.65. The Morgan fingerprint density at radius 1 is 1.33 bits per heavy atom. The molecule has 0 amide bonds. The minimum atomic E-state index is -2.88. The second-order valence-electron chi connectivity index (χ2n) is 3.87. The van der Waals surface area contributed by atoms with Crippen LogP contribution in [0.2, 0.25) is 0 Å². The van der Waals surface area contributed by atoms with E-state index in [1.165, 1.54) is 0 Å². The van der Waals surface area contributed by atoms with Crippen LogP contribution in [0, 0.1) is 5.92 Å². The molecule has 0 aliphatic heterocycles. The summed E-state index contributed by atoms with van der Waals surface area (Å²) in [7, 11) is -1.26. The van der Waals surface area contributed by atoms with Crippen molar-refractivity contribution >= 4 is 9.84 Å². The Bertz CT molecular complexity index is 239. The molecule has 92 valence electrons. The van der Waals surface area contributed by atoms with Crippen LogP contribution in [0.3, 0.4) is 0 Å². The fourth-order valence-corrected chi connectivity index (χ4v) is 2.89. The Labute approximate surface area is 93.3 Å². The summed E-state index contributed by atoms with van der Waals surface area (Å²) in [6, 6.07) is 0. The molecule has 0 heterocycles. The molecule has 1 atom stereocenters. The lowest BCUT2D eigenvalue weighted by molar-refractivity contribution is 0.200. The largest absolute Gasteiger partial charge is 0.383 e. The van der Waals surface area contributed by atoms with Crippen molar-refractivity contribution in [2.75, 3.05) is 38.3 Å². The van der Waals surface area contributed by atoms with Crippen LogP contribution in [0.5, 0.6) is 0 Å². The molecule has 5 heteroatoms.